The first-order valence-electron chi connectivity index (χ1n) is 21.5. The van der Waals surface area contributed by atoms with Crippen LogP contribution in [-0.4, -0.2) is 89.0 Å². The van der Waals surface area contributed by atoms with E-state index in [1.54, 1.807) is 13.8 Å². The van der Waals surface area contributed by atoms with Gasteiger partial charge in [0.05, 0.1) is 68.1 Å². The lowest BCUT2D eigenvalue weighted by Crippen LogP contribution is -3.00. The summed E-state index contributed by atoms with van der Waals surface area (Å²) < 4.78 is 12.4. The average molecular weight is 794 g/mol. The third-order valence-electron chi connectivity index (χ3n) is 9.66. The van der Waals surface area contributed by atoms with Crippen molar-refractivity contribution in [3.63, 3.8) is 0 Å². The van der Waals surface area contributed by atoms with Crippen molar-refractivity contribution in [1.82, 2.24) is 0 Å². The van der Waals surface area contributed by atoms with Crippen LogP contribution in [0.25, 0.3) is 0 Å². The Hall–Kier alpha value is -1.08. The van der Waals surface area contributed by atoms with Crippen LogP contribution in [0, 0.1) is 0 Å². The highest BCUT2D eigenvalue weighted by molar-refractivity contribution is 5.87. The molecule has 0 atom stereocenters. The van der Waals surface area contributed by atoms with Crippen molar-refractivity contribution in [1.29, 1.82) is 0 Å². The van der Waals surface area contributed by atoms with E-state index < -0.39 is 0 Å². The molecular formula is C45H90Cl2N2O4. The number of carbonyl (C=O) groups excluding carboxylic acids is 2. The van der Waals surface area contributed by atoms with Crippen LogP contribution in [0.1, 0.15) is 188 Å². The number of esters is 2. The van der Waals surface area contributed by atoms with Gasteiger partial charge in [0, 0.05) is 11.1 Å². The smallest absolute Gasteiger partial charge is 0.333 e. The second-order valence-corrected chi connectivity index (χ2v) is 17.1. The zero-order valence-corrected chi connectivity index (χ0v) is 38.1. The zero-order valence-electron chi connectivity index (χ0n) is 36.6. The molecule has 0 fully saturated rings. The van der Waals surface area contributed by atoms with Crippen molar-refractivity contribution in [2.24, 2.45) is 0 Å². The quantitative estimate of drug-likeness (QED) is 0.0334. The molecule has 0 aliphatic heterocycles. The van der Waals surface area contributed by atoms with E-state index in [1.807, 2.05) is 0 Å². The molecule has 0 saturated carbocycles. The lowest BCUT2D eigenvalue weighted by Gasteiger charge is -2.30. The molecule has 8 heteroatoms. The highest BCUT2D eigenvalue weighted by atomic mass is 35.5. The van der Waals surface area contributed by atoms with Gasteiger partial charge < -0.3 is 43.3 Å². The summed E-state index contributed by atoms with van der Waals surface area (Å²) in [6.45, 7) is 17.8. The van der Waals surface area contributed by atoms with Crippen molar-refractivity contribution >= 4 is 11.9 Å². The van der Waals surface area contributed by atoms with Crippen molar-refractivity contribution in [3.05, 3.63) is 24.3 Å². The van der Waals surface area contributed by atoms with E-state index in [0.29, 0.717) is 24.4 Å². The van der Waals surface area contributed by atoms with Gasteiger partial charge in [-0.2, -0.15) is 0 Å². The van der Waals surface area contributed by atoms with Gasteiger partial charge in [0.25, 0.3) is 0 Å². The normalized spacial score (nSPS) is 11.1. The molecule has 0 aromatic carbocycles. The van der Waals surface area contributed by atoms with E-state index >= 15 is 0 Å². The third kappa shape index (κ3) is 48.9. The number of rotatable bonds is 35. The van der Waals surface area contributed by atoms with E-state index in [2.05, 4.69) is 55.3 Å². The SMILES string of the molecule is C=C(C)C(=O)OCCCCCCCCCC[N+](C)(C)C.C=C(C)C(=O)OCCCCCCCCCC[N+](C)(C)CCCCCCCCCCCC.[Cl-].[Cl-]. The molecule has 6 nitrogen and oxygen atoms in total. The lowest BCUT2D eigenvalue weighted by molar-refractivity contribution is -0.890. The minimum Gasteiger partial charge on any atom is -1.00 e. The predicted molar refractivity (Wildman–Crippen MR) is 222 cm³/mol. The highest BCUT2D eigenvalue weighted by Crippen LogP contribution is 2.14. The minimum atomic E-state index is -0.262. The summed E-state index contributed by atoms with van der Waals surface area (Å²) in [5.41, 5.74) is 0.976. The lowest BCUT2D eigenvalue weighted by atomic mass is 10.1. The number of quaternary nitrogens is 2. The van der Waals surface area contributed by atoms with Gasteiger partial charge in [-0.1, -0.05) is 136 Å². The molecule has 318 valence electrons. The molecule has 0 aromatic rings. The molecule has 0 radical (unpaired) electrons. The van der Waals surface area contributed by atoms with Crippen LogP contribution in [0.15, 0.2) is 24.3 Å². The summed E-state index contributed by atoms with van der Waals surface area (Å²) in [7, 11) is 11.6. The fraction of sp³-hybridized carbons (Fsp3) is 0.867. The summed E-state index contributed by atoms with van der Waals surface area (Å²) >= 11 is 0. The van der Waals surface area contributed by atoms with E-state index in [1.165, 1.54) is 165 Å². The molecule has 53 heavy (non-hydrogen) atoms. The molecule has 0 bridgehead atoms. The molecule has 0 aliphatic carbocycles. The number of nitrogens with zero attached hydrogens (tertiary/aromatic N) is 2. The largest absolute Gasteiger partial charge is 1.00 e. The zero-order chi connectivity index (χ0) is 38.6. The molecule has 0 spiro atoms. The number of halogens is 2. The number of hydrogen-bond donors (Lipinski definition) is 0. The highest BCUT2D eigenvalue weighted by Gasteiger charge is 2.13. The van der Waals surface area contributed by atoms with Crippen LogP contribution in [-0.2, 0) is 19.1 Å². The molecule has 0 amide bonds. The van der Waals surface area contributed by atoms with Crippen LogP contribution < -0.4 is 24.8 Å². The first kappa shape index (κ1) is 58.6. The van der Waals surface area contributed by atoms with Gasteiger partial charge in [0.15, 0.2) is 0 Å². The fourth-order valence-corrected chi connectivity index (χ4v) is 6.17. The number of unbranched alkanes of at least 4 members (excludes halogenated alkanes) is 23. The van der Waals surface area contributed by atoms with Crippen molar-refractivity contribution in [2.75, 3.05) is 68.1 Å². The molecule has 0 saturated heterocycles. The van der Waals surface area contributed by atoms with E-state index in [0.717, 1.165) is 30.2 Å². The monoisotopic (exact) mass is 793 g/mol. The summed E-state index contributed by atoms with van der Waals surface area (Å²) in [5, 5.41) is 0. The van der Waals surface area contributed by atoms with E-state index in [9.17, 15) is 9.59 Å². The van der Waals surface area contributed by atoms with Gasteiger partial charge in [0.1, 0.15) is 0 Å². The summed E-state index contributed by atoms with van der Waals surface area (Å²) in [6, 6.07) is 0. The summed E-state index contributed by atoms with van der Waals surface area (Å²) in [4.78, 5) is 22.4. The molecule has 0 unspecified atom stereocenters. The third-order valence-corrected chi connectivity index (χ3v) is 9.66. The van der Waals surface area contributed by atoms with Gasteiger partial charge in [0.2, 0.25) is 0 Å². The van der Waals surface area contributed by atoms with Gasteiger partial charge in [-0.05, 0) is 65.2 Å². The minimum absolute atomic E-state index is 0. The Kier molecular flexibility index (Phi) is 44.9. The Labute approximate surface area is 343 Å². The molecule has 0 rings (SSSR count). The Morgan fingerprint density at radius 3 is 0.925 bits per heavy atom. The Balaban J connectivity index is -0.000000475. The van der Waals surface area contributed by atoms with E-state index in [4.69, 9.17) is 9.47 Å². The molecule has 0 aromatic heterocycles. The van der Waals surface area contributed by atoms with Gasteiger partial charge in [-0.15, -0.1) is 0 Å². The first-order valence-corrected chi connectivity index (χ1v) is 21.5. The maximum Gasteiger partial charge on any atom is 0.333 e. The molecule has 0 N–H and O–H groups in total. The first-order chi connectivity index (χ1) is 24.2. The van der Waals surface area contributed by atoms with Gasteiger partial charge in [-0.3, -0.25) is 0 Å². The summed E-state index contributed by atoms with van der Waals surface area (Å²) in [6.07, 6.45) is 34.5. The van der Waals surface area contributed by atoms with Crippen LogP contribution in [0.5, 0.6) is 0 Å². The second-order valence-electron chi connectivity index (χ2n) is 17.1. The van der Waals surface area contributed by atoms with Crippen LogP contribution in [0.3, 0.4) is 0 Å². The topological polar surface area (TPSA) is 52.6 Å². The van der Waals surface area contributed by atoms with Crippen LogP contribution in [0.4, 0.5) is 0 Å². The van der Waals surface area contributed by atoms with Gasteiger partial charge >= 0.3 is 11.9 Å². The predicted octanol–water partition coefficient (Wildman–Crippen LogP) is 6.16. The Morgan fingerprint density at radius 1 is 0.415 bits per heavy atom. The van der Waals surface area contributed by atoms with E-state index in [-0.39, 0.29) is 36.8 Å². The van der Waals surface area contributed by atoms with Gasteiger partial charge in [-0.25, -0.2) is 9.59 Å². The van der Waals surface area contributed by atoms with Crippen LogP contribution in [0.2, 0.25) is 0 Å². The second kappa shape index (κ2) is 40.6. The van der Waals surface area contributed by atoms with Crippen LogP contribution >= 0.6 is 0 Å². The molecule has 0 aliphatic rings. The standard InChI is InChI=1S/C28H56NO2.C17H34NO2.2ClH/c1-6-7-8-9-10-11-12-15-18-21-24-29(4,5)25-22-19-16-13-14-17-20-23-26-31-28(30)27(2)3;1-16(2)17(19)20-15-13-11-9-7-6-8-10-12-14-18(3,4)5;;/h2,6-26H2,1,3-5H3;1,6-15H2,2-5H3;2*1H/q2*+1;;/p-2. The Bertz CT molecular complexity index is 858. The van der Waals surface area contributed by atoms with Crippen molar-refractivity contribution < 1.29 is 52.8 Å². The maximum absolute atomic E-state index is 11.3. The maximum atomic E-state index is 11.3. The number of hydrogen-bond acceptors (Lipinski definition) is 4. The van der Waals surface area contributed by atoms with Crippen molar-refractivity contribution in [2.45, 2.75) is 188 Å². The van der Waals surface area contributed by atoms with Crippen molar-refractivity contribution in [3.8, 4) is 0 Å². The number of ether oxygens (including phenoxy) is 2. The number of carbonyl (C=O) groups is 2. The Morgan fingerprint density at radius 2 is 0.660 bits per heavy atom. The molecule has 0 heterocycles. The molecular weight excluding hydrogens is 703 g/mol. The summed E-state index contributed by atoms with van der Waals surface area (Å²) in [5.74, 6) is -0.517. The fourth-order valence-electron chi connectivity index (χ4n) is 6.17. The average Bonchev–Trinajstić information content (AvgIpc) is 3.06.